The standard InChI is InChI=1S/C16H26N2OS/c1-13(2)5-7-16(12-19)6-4-8-18(11-16)9-15-10-20-14(3)17-15/h5,10,19H,4,6-9,11-12H2,1-3H3. The minimum atomic E-state index is 0.0422. The Kier molecular flexibility index (Phi) is 5.35. The summed E-state index contributed by atoms with van der Waals surface area (Å²) in [6.07, 6.45) is 5.55. The monoisotopic (exact) mass is 294 g/mol. The van der Waals surface area contributed by atoms with Gasteiger partial charge in [-0.3, -0.25) is 4.90 Å². The molecule has 1 unspecified atom stereocenters. The van der Waals surface area contributed by atoms with Crippen LogP contribution in [-0.4, -0.2) is 34.7 Å². The van der Waals surface area contributed by atoms with E-state index in [9.17, 15) is 5.11 Å². The highest BCUT2D eigenvalue weighted by molar-refractivity contribution is 7.09. The Balaban J connectivity index is 2.00. The van der Waals surface area contributed by atoms with Crippen molar-refractivity contribution in [2.45, 2.75) is 46.6 Å². The highest BCUT2D eigenvalue weighted by atomic mass is 32.1. The van der Waals surface area contributed by atoms with Gasteiger partial charge in [-0.1, -0.05) is 11.6 Å². The predicted octanol–water partition coefficient (Wildman–Crippen LogP) is 3.38. The van der Waals surface area contributed by atoms with E-state index in [-0.39, 0.29) is 12.0 Å². The van der Waals surface area contributed by atoms with Crippen LogP contribution in [0.1, 0.15) is 43.8 Å². The van der Waals surface area contributed by atoms with Crippen molar-refractivity contribution in [1.82, 2.24) is 9.88 Å². The van der Waals surface area contributed by atoms with Crippen LogP contribution in [-0.2, 0) is 6.54 Å². The molecule has 1 saturated heterocycles. The molecule has 2 heterocycles. The molecule has 112 valence electrons. The molecule has 0 bridgehead atoms. The topological polar surface area (TPSA) is 36.4 Å². The van der Waals surface area contributed by atoms with Crippen molar-refractivity contribution >= 4 is 11.3 Å². The quantitative estimate of drug-likeness (QED) is 0.846. The van der Waals surface area contributed by atoms with E-state index in [1.54, 1.807) is 11.3 Å². The Morgan fingerprint density at radius 1 is 1.55 bits per heavy atom. The van der Waals surface area contributed by atoms with Gasteiger partial charge in [-0.25, -0.2) is 4.98 Å². The summed E-state index contributed by atoms with van der Waals surface area (Å²) in [6, 6.07) is 0. The number of aryl methyl sites for hydroxylation is 1. The van der Waals surface area contributed by atoms with Gasteiger partial charge in [0.15, 0.2) is 0 Å². The molecule has 1 aromatic heterocycles. The molecule has 0 amide bonds. The zero-order valence-corrected chi connectivity index (χ0v) is 13.7. The zero-order chi connectivity index (χ0) is 14.6. The fourth-order valence-corrected chi connectivity index (χ4v) is 3.54. The third-order valence-electron chi connectivity index (χ3n) is 4.07. The van der Waals surface area contributed by atoms with Gasteiger partial charge in [-0.15, -0.1) is 11.3 Å². The summed E-state index contributed by atoms with van der Waals surface area (Å²) in [5.41, 5.74) is 2.55. The number of likely N-dealkylation sites (tertiary alicyclic amines) is 1. The van der Waals surface area contributed by atoms with Gasteiger partial charge >= 0.3 is 0 Å². The number of hydrogen-bond donors (Lipinski definition) is 1. The average molecular weight is 294 g/mol. The second kappa shape index (κ2) is 6.83. The molecule has 0 aromatic carbocycles. The van der Waals surface area contributed by atoms with Crippen LogP contribution in [0.5, 0.6) is 0 Å². The van der Waals surface area contributed by atoms with E-state index in [2.05, 4.69) is 42.1 Å². The van der Waals surface area contributed by atoms with Crippen LogP contribution in [0.15, 0.2) is 17.0 Å². The van der Waals surface area contributed by atoms with Crippen LogP contribution in [0.4, 0.5) is 0 Å². The molecule has 2 rings (SSSR count). The highest BCUT2D eigenvalue weighted by Gasteiger charge is 2.34. The van der Waals surface area contributed by atoms with Crippen LogP contribution in [0.3, 0.4) is 0 Å². The van der Waals surface area contributed by atoms with Gasteiger partial charge in [-0.2, -0.15) is 0 Å². The summed E-state index contributed by atoms with van der Waals surface area (Å²) in [5.74, 6) is 0. The third kappa shape index (κ3) is 4.14. The van der Waals surface area contributed by atoms with E-state index in [4.69, 9.17) is 0 Å². The molecule has 0 aliphatic carbocycles. The molecule has 3 nitrogen and oxygen atoms in total. The summed E-state index contributed by atoms with van der Waals surface area (Å²) < 4.78 is 0. The Labute approximate surface area is 126 Å². The molecule has 0 radical (unpaired) electrons. The molecule has 0 spiro atoms. The van der Waals surface area contributed by atoms with Crippen molar-refractivity contribution in [3.63, 3.8) is 0 Å². The van der Waals surface area contributed by atoms with Crippen LogP contribution in [0.2, 0.25) is 0 Å². The lowest BCUT2D eigenvalue weighted by Gasteiger charge is -2.41. The molecule has 1 atom stereocenters. The molecule has 1 aromatic rings. The molecule has 1 N–H and O–H groups in total. The summed E-state index contributed by atoms with van der Waals surface area (Å²) in [6.45, 7) is 9.60. The van der Waals surface area contributed by atoms with Gasteiger partial charge < -0.3 is 5.11 Å². The summed E-state index contributed by atoms with van der Waals surface area (Å²) in [4.78, 5) is 7.01. The van der Waals surface area contributed by atoms with Gasteiger partial charge in [-0.05, 0) is 46.6 Å². The minimum absolute atomic E-state index is 0.0422. The molecule has 4 heteroatoms. The van der Waals surface area contributed by atoms with Crippen molar-refractivity contribution in [3.8, 4) is 0 Å². The Morgan fingerprint density at radius 3 is 2.95 bits per heavy atom. The summed E-state index contributed by atoms with van der Waals surface area (Å²) >= 11 is 1.72. The Hall–Kier alpha value is -0.710. The van der Waals surface area contributed by atoms with Gasteiger partial charge in [0.25, 0.3) is 0 Å². The lowest BCUT2D eigenvalue weighted by Crippen LogP contribution is -2.44. The van der Waals surface area contributed by atoms with Gasteiger partial charge in [0.2, 0.25) is 0 Å². The van der Waals surface area contributed by atoms with Crippen LogP contribution >= 0.6 is 11.3 Å². The number of aromatic nitrogens is 1. The van der Waals surface area contributed by atoms with Crippen molar-refractivity contribution in [3.05, 3.63) is 27.7 Å². The molecule has 1 aliphatic heterocycles. The maximum absolute atomic E-state index is 9.87. The first-order chi connectivity index (χ1) is 9.53. The number of aliphatic hydroxyl groups is 1. The maximum Gasteiger partial charge on any atom is 0.0897 e. The highest BCUT2D eigenvalue weighted by Crippen LogP contribution is 2.34. The van der Waals surface area contributed by atoms with E-state index in [1.165, 1.54) is 17.7 Å². The fraction of sp³-hybridized carbons (Fsp3) is 0.688. The SMILES string of the molecule is CC(C)=CCC1(CO)CCCN(Cc2csc(C)n2)C1. The van der Waals surface area contributed by atoms with Crippen molar-refractivity contribution in [2.24, 2.45) is 5.41 Å². The first-order valence-corrected chi connectivity index (χ1v) is 8.28. The molecular formula is C16H26N2OS. The minimum Gasteiger partial charge on any atom is -0.396 e. The second-order valence-electron chi connectivity index (χ2n) is 6.32. The van der Waals surface area contributed by atoms with Gasteiger partial charge in [0.1, 0.15) is 0 Å². The summed E-state index contributed by atoms with van der Waals surface area (Å²) in [7, 11) is 0. The van der Waals surface area contributed by atoms with Crippen molar-refractivity contribution in [2.75, 3.05) is 19.7 Å². The van der Waals surface area contributed by atoms with Crippen molar-refractivity contribution in [1.29, 1.82) is 0 Å². The fourth-order valence-electron chi connectivity index (χ4n) is 2.94. The Bertz CT molecular complexity index is 465. The lowest BCUT2D eigenvalue weighted by atomic mass is 9.77. The average Bonchev–Trinajstić information content (AvgIpc) is 2.82. The zero-order valence-electron chi connectivity index (χ0n) is 12.9. The van der Waals surface area contributed by atoms with E-state index in [0.29, 0.717) is 0 Å². The normalized spacial score (nSPS) is 23.8. The third-order valence-corrected chi connectivity index (χ3v) is 4.89. The van der Waals surface area contributed by atoms with E-state index >= 15 is 0 Å². The predicted molar refractivity (Wildman–Crippen MR) is 84.9 cm³/mol. The van der Waals surface area contributed by atoms with E-state index in [1.807, 2.05) is 0 Å². The summed E-state index contributed by atoms with van der Waals surface area (Å²) in [5, 5.41) is 13.2. The molecule has 1 aliphatic rings. The van der Waals surface area contributed by atoms with Gasteiger partial charge in [0, 0.05) is 23.9 Å². The number of rotatable bonds is 5. The number of piperidine rings is 1. The van der Waals surface area contributed by atoms with Crippen LogP contribution < -0.4 is 0 Å². The first-order valence-electron chi connectivity index (χ1n) is 7.41. The Morgan fingerprint density at radius 2 is 2.35 bits per heavy atom. The van der Waals surface area contributed by atoms with Crippen LogP contribution in [0.25, 0.3) is 0 Å². The largest absolute Gasteiger partial charge is 0.396 e. The maximum atomic E-state index is 9.87. The smallest absolute Gasteiger partial charge is 0.0897 e. The molecule has 1 fully saturated rings. The number of hydrogen-bond acceptors (Lipinski definition) is 4. The first kappa shape index (κ1) is 15.7. The molecule has 20 heavy (non-hydrogen) atoms. The van der Waals surface area contributed by atoms with E-state index < -0.39 is 0 Å². The van der Waals surface area contributed by atoms with Gasteiger partial charge in [0.05, 0.1) is 17.3 Å². The second-order valence-corrected chi connectivity index (χ2v) is 7.38. The van der Waals surface area contributed by atoms with Crippen molar-refractivity contribution < 1.29 is 5.11 Å². The number of thiazole rings is 1. The molecule has 0 saturated carbocycles. The number of nitrogens with zero attached hydrogens (tertiary/aromatic N) is 2. The van der Waals surface area contributed by atoms with Crippen LogP contribution in [0, 0.1) is 12.3 Å². The number of aliphatic hydroxyl groups excluding tert-OH is 1. The molecular weight excluding hydrogens is 268 g/mol. The lowest BCUT2D eigenvalue weighted by molar-refractivity contribution is 0.0303. The number of allylic oxidation sites excluding steroid dienone is 2. The van der Waals surface area contributed by atoms with E-state index in [0.717, 1.165) is 37.5 Å².